The number of nitrogens with one attached hydrogen (secondary N) is 2. The number of halogens is 3. The van der Waals surface area contributed by atoms with Crippen molar-refractivity contribution < 1.29 is 46.8 Å². The number of aromatic nitrogens is 4. The molecule has 0 radical (unpaired) electrons. The van der Waals surface area contributed by atoms with Crippen LogP contribution in [0.2, 0.25) is 10.0 Å². The lowest BCUT2D eigenvalue weighted by atomic mass is 9.79. The first-order valence-corrected chi connectivity index (χ1v) is 28.3. The van der Waals surface area contributed by atoms with Gasteiger partial charge in [-0.25, -0.2) is 9.97 Å². The molecule has 0 bridgehead atoms. The summed E-state index contributed by atoms with van der Waals surface area (Å²) in [4.78, 5) is 69.5. The highest BCUT2D eigenvalue weighted by atomic mass is 79.9. The zero-order valence-corrected chi connectivity index (χ0v) is 49.5. The number of carbonyl (C=O) groups excluding carboxylic acids is 4. The number of furan rings is 2. The van der Waals surface area contributed by atoms with Crippen LogP contribution in [-0.4, -0.2) is 124 Å². The molecule has 0 atom stereocenters. The number of anilines is 2. The number of carbonyl (C=O) groups is 4. The van der Waals surface area contributed by atoms with E-state index in [0.29, 0.717) is 108 Å². The van der Waals surface area contributed by atoms with Crippen molar-refractivity contribution in [3.05, 3.63) is 170 Å². The summed E-state index contributed by atoms with van der Waals surface area (Å²) in [5.41, 5.74) is 16.3. The smallest absolute Gasteiger partial charge is 0.458 e. The standard InChI is InChI=1S/C27H24ClN5O4.C17H13BrClN3O2.C16H23BN2O4/c28-23-12-18(20-10-21(15-30-14-20)27(35)33-5-7-36-8-6-33)9-19-11-22(37-26(19)23)16-32-25(34)4-2-17-1-3-24(29)31-13-17;18-12-5-11-6-13(24-17(11)14(19)7-12)9-22-16(23)4-2-10-1-3-15(20)21-8-10;1-15(2)16(3,4)23-17(22-15)13-9-12(10-18-11-13)14(20)19-5-7-21-8-6-19/h1-4,9-15H,5-8,16H2,(H2,29,31)(H,32,34);1-8H,9H2,(H2,20,21)(H,22,23);9-11H,5-8H2,1-4H3/b2*4-2+;. The van der Waals surface area contributed by atoms with E-state index in [0.717, 1.165) is 43.0 Å². The van der Waals surface area contributed by atoms with E-state index in [1.54, 1.807) is 95.5 Å². The van der Waals surface area contributed by atoms with E-state index < -0.39 is 18.3 Å². The van der Waals surface area contributed by atoms with Gasteiger partial charge in [-0.15, -0.1) is 0 Å². The van der Waals surface area contributed by atoms with Gasteiger partial charge in [0.05, 0.1) is 71.9 Å². The van der Waals surface area contributed by atoms with E-state index in [1.165, 1.54) is 12.2 Å². The van der Waals surface area contributed by atoms with Crippen molar-refractivity contribution in [3.8, 4) is 11.1 Å². The number of nitrogens with zero attached hydrogens (tertiary/aromatic N) is 6. The van der Waals surface area contributed by atoms with Crippen molar-refractivity contribution in [2.75, 3.05) is 64.1 Å². The molecule has 6 N–H and O–H groups in total. The van der Waals surface area contributed by atoms with E-state index in [1.807, 2.05) is 64.1 Å². The summed E-state index contributed by atoms with van der Waals surface area (Å²) < 4.78 is 35.1. The van der Waals surface area contributed by atoms with Gasteiger partial charge in [0.2, 0.25) is 11.8 Å². The molecule has 84 heavy (non-hydrogen) atoms. The fourth-order valence-corrected chi connectivity index (χ4v) is 9.91. The van der Waals surface area contributed by atoms with Crippen molar-refractivity contribution in [1.29, 1.82) is 0 Å². The molecule has 3 aliphatic rings. The summed E-state index contributed by atoms with van der Waals surface area (Å²) in [6.07, 6.45) is 15.9. The quantitative estimate of drug-likeness (QED) is 0.0657. The second kappa shape index (κ2) is 27.2. The minimum absolute atomic E-state index is 0.0285. The number of morpholine rings is 2. The first-order chi connectivity index (χ1) is 40.3. The van der Waals surface area contributed by atoms with Gasteiger partial charge in [0.1, 0.15) is 23.2 Å². The highest BCUT2D eigenvalue weighted by molar-refractivity contribution is 9.10. The van der Waals surface area contributed by atoms with Crippen LogP contribution < -0.4 is 27.6 Å². The third-order valence-electron chi connectivity index (χ3n) is 14.0. The Hall–Kier alpha value is -7.96. The first kappa shape index (κ1) is 60.6. The predicted octanol–water partition coefficient (Wildman–Crippen LogP) is 8.94. The molecule has 8 aromatic rings. The number of rotatable bonds is 12. The Bertz CT molecular complexity index is 3720. The average Bonchev–Trinajstić information content (AvgIpc) is 4.06. The number of hydrogen-bond acceptors (Lipinski definition) is 16. The van der Waals surface area contributed by atoms with Gasteiger partial charge >= 0.3 is 7.12 Å². The van der Waals surface area contributed by atoms with Crippen LogP contribution in [0.1, 0.15) is 71.1 Å². The molecule has 20 nitrogen and oxygen atoms in total. The van der Waals surface area contributed by atoms with Gasteiger partial charge in [-0.2, -0.15) is 0 Å². The average molecular weight is 1240 g/mol. The zero-order valence-electron chi connectivity index (χ0n) is 46.4. The number of nitrogen functional groups attached to an aromatic ring is 2. The zero-order chi connectivity index (χ0) is 59.5. The van der Waals surface area contributed by atoms with Gasteiger partial charge < -0.3 is 59.5 Å². The van der Waals surface area contributed by atoms with E-state index in [4.69, 9.17) is 62.3 Å². The van der Waals surface area contributed by atoms with Gasteiger partial charge in [-0.05, 0) is 129 Å². The maximum atomic E-state index is 12.9. The van der Waals surface area contributed by atoms with Crippen molar-refractivity contribution in [3.63, 3.8) is 0 Å². The molecule has 0 spiro atoms. The van der Waals surface area contributed by atoms with Crippen LogP contribution in [0.25, 0.3) is 45.2 Å². The predicted molar refractivity (Wildman–Crippen MR) is 326 cm³/mol. The Kier molecular flexibility index (Phi) is 19.6. The van der Waals surface area contributed by atoms with Crippen LogP contribution in [0, 0.1) is 0 Å². The fourth-order valence-electron chi connectivity index (χ4n) is 8.77. The van der Waals surface area contributed by atoms with E-state index >= 15 is 0 Å². The molecule has 2 aromatic carbocycles. The van der Waals surface area contributed by atoms with Crippen molar-refractivity contribution in [2.45, 2.75) is 52.0 Å². The van der Waals surface area contributed by atoms with Gasteiger partial charge in [0.25, 0.3) is 11.8 Å². The van der Waals surface area contributed by atoms with Crippen molar-refractivity contribution >= 4 is 121 Å². The molecule has 3 fully saturated rings. The lowest BCUT2D eigenvalue weighted by Gasteiger charge is -2.32. The summed E-state index contributed by atoms with van der Waals surface area (Å²) in [6.45, 7) is 13.0. The number of ether oxygens (including phenoxy) is 2. The van der Waals surface area contributed by atoms with Crippen LogP contribution in [-0.2, 0) is 41.5 Å². The topological polar surface area (TPSA) is 266 Å². The number of benzene rings is 2. The lowest BCUT2D eigenvalue weighted by molar-refractivity contribution is -0.117. The Labute approximate surface area is 503 Å². The number of nitrogens with two attached hydrogens (primary N) is 2. The molecule has 9 heterocycles. The summed E-state index contributed by atoms with van der Waals surface area (Å²) in [5.74, 6) is 1.41. The number of hydrogen-bond donors (Lipinski definition) is 4. The summed E-state index contributed by atoms with van der Waals surface area (Å²) >= 11 is 16.0. The van der Waals surface area contributed by atoms with Crippen LogP contribution in [0.5, 0.6) is 0 Å². The fraction of sp³-hybridized carbons (Fsp3) is 0.267. The normalized spacial score (nSPS) is 15.6. The van der Waals surface area contributed by atoms with E-state index in [9.17, 15) is 19.2 Å². The second-order valence-electron chi connectivity index (χ2n) is 20.6. The molecule has 11 rings (SSSR count). The molecular weight excluding hydrogens is 1180 g/mol. The molecule has 0 unspecified atom stereocenters. The second-order valence-corrected chi connectivity index (χ2v) is 22.3. The van der Waals surface area contributed by atoms with Crippen molar-refractivity contribution in [2.24, 2.45) is 0 Å². The highest BCUT2D eigenvalue weighted by Gasteiger charge is 2.52. The maximum Gasteiger partial charge on any atom is 0.496 e. The number of amides is 4. The summed E-state index contributed by atoms with van der Waals surface area (Å²) in [5, 5.41) is 8.14. The molecule has 0 aliphatic carbocycles. The SMILES string of the molecule is CC1(C)OB(c2cncc(C(=O)N3CCOCC3)c2)OC1(C)C.Nc1ccc(/C=C/C(=O)NCc2cc3cc(-c4cncc(C(=O)N5CCOCC5)c4)cc(Cl)c3o2)cn1.Nc1ccc(/C=C/C(=O)NCc2cc3cc(Br)cc(Cl)c3o2)cn1. The Morgan fingerprint density at radius 1 is 0.607 bits per heavy atom. The molecule has 24 heteroatoms. The number of pyridine rings is 4. The van der Waals surface area contributed by atoms with Gasteiger partial charge in [-0.1, -0.05) is 39.1 Å². The third-order valence-corrected chi connectivity index (χ3v) is 15.0. The van der Waals surface area contributed by atoms with Gasteiger partial charge in [-0.3, -0.25) is 29.1 Å². The molecule has 3 saturated heterocycles. The van der Waals surface area contributed by atoms with Crippen LogP contribution in [0.15, 0.2) is 135 Å². The molecular formula is C60H60BBrCl2N10O10. The summed E-state index contributed by atoms with van der Waals surface area (Å²) in [7, 11) is -0.509. The summed E-state index contributed by atoms with van der Waals surface area (Å²) in [6, 6.07) is 21.6. The van der Waals surface area contributed by atoms with Crippen molar-refractivity contribution in [1.82, 2.24) is 40.4 Å². The lowest BCUT2D eigenvalue weighted by Crippen LogP contribution is -2.41. The van der Waals surface area contributed by atoms with Crippen LogP contribution in [0.4, 0.5) is 11.6 Å². The van der Waals surface area contributed by atoms with Crippen LogP contribution >= 0.6 is 39.1 Å². The minimum atomic E-state index is -0.509. The van der Waals surface area contributed by atoms with E-state index in [2.05, 4.69) is 46.5 Å². The third kappa shape index (κ3) is 15.6. The minimum Gasteiger partial charge on any atom is -0.458 e. The largest absolute Gasteiger partial charge is 0.496 e. The highest BCUT2D eigenvalue weighted by Crippen LogP contribution is 2.37. The Morgan fingerprint density at radius 3 is 1.58 bits per heavy atom. The Morgan fingerprint density at radius 2 is 1.08 bits per heavy atom. The van der Waals surface area contributed by atoms with Gasteiger partial charge in [0.15, 0.2) is 11.2 Å². The monoisotopic (exact) mass is 1240 g/mol. The first-order valence-electron chi connectivity index (χ1n) is 26.7. The molecule has 0 saturated carbocycles. The molecule has 3 aliphatic heterocycles. The Balaban J connectivity index is 0.000000158. The van der Waals surface area contributed by atoms with Gasteiger partial charge in [0, 0.05) is 102 Å². The van der Waals surface area contributed by atoms with E-state index in [-0.39, 0.29) is 36.7 Å². The molecule has 434 valence electrons. The molecule has 4 amide bonds. The maximum absolute atomic E-state index is 12.9. The molecule has 6 aromatic heterocycles. The number of fused-ring (bicyclic) bond motifs is 2. The van der Waals surface area contributed by atoms with Crippen LogP contribution in [0.3, 0.4) is 0 Å².